The Morgan fingerprint density at radius 2 is 1.78 bits per heavy atom. The molecule has 152 valence electrons. The van der Waals surface area contributed by atoms with Gasteiger partial charge in [0.1, 0.15) is 30.2 Å². The summed E-state index contributed by atoms with van der Waals surface area (Å²) in [7, 11) is 1.62. The van der Waals surface area contributed by atoms with Crippen LogP contribution in [-0.4, -0.2) is 73.6 Å². The Morgan fingerprint density at radius 1 is 1.07 bits per heavy atom. The third-order valence-corrected chi connectivity index (χ3v) is 4.57. The predicted molar refractivity (Wildman–Crippen MR) is 94.2 cm³/mol. The number of methoxy groups -OCH3 is 1. The molecule has 2 fully saturated rings. The van der Waals surface area contributed by atoms with E-state index in [2.05, 4.69) is 0 Å². The number of rotatable bonds is 8. The molecule has 2 N–H and O–H groups in total. The summed E-state index contributed by atoms with van der Waals surface area (Å²) < 4.78 is 33.4. The van der Waals surface area contributed by atoms with Crippen molar-refractivity contribution in [2.24, 2.45) is 0 Å². The number of benzene rings is 1. The molecule has 2 heterocycles. The van der Waals surface area contributed by atoms with Crippen molar-refractivity contribution >= 4 is 0 Å². The summed E-state index contributed by atoms with van der Waals surface area (Å²) in [5, 5.41) is 20.0. The SMILES string of the molecule is COc1ccc(COCCO[C@@H]2O[C@H](CO)[C@@H]3OC(C)(C)O[C@@H]3[C@H]2O)cc1. The molecule has 5 atom stereocenters. The van der Waals surface area contributed by atoms with Crippen LogP contribution in [0.5, 0.6) is 5.75 Å². The topological polar surface area (TPSA) is 95.8 Å². The number of hydrogen-bond acceptors (Lipinski definition) is 8. The van der Waals surface area contributed by atoms with Gasteiger partial charge in [0.05, 0.1) is 33.5 Å². The molecule has 1 aromatic carbocycles. The van der Waals surface area contributed by atoms with Crippen LogP contribution in [0.15, 0.2) is 24.3 Å². The van der Waals surface area contributed by atoms with Crippen LogP contribution in [0.25, 0.3) is 0 Å². The van der Waals surface area contributed by atoms with E-state index in [1.807, 2.05) is 24.3 Å². The Hall–Kier alpha value is -1.26. The molecule has 2 aliphatic rings. The number of aliphatic hydroxyl groups excluding tert-OH is 2. The van der Waals surface area contributed by atoms with Gasteiger partial charge in [-0.2, -0.15) is 0 Å². The minimum absolute atomic E-state index is 0.234. The predicted octanol–water partition coefficient (Wildman–Crippen LogP) is 0.827. The van der Waals surface area contributed by atoms with Gasteiger partial charge in [0.2, 0.25) is 0 Å². The standard InChI is InChI=1S/C19H28O8/c1-19(2)26-16-14(10-20)25-18(15(21)17(16)27-19)24-9-8-23-11-12-4-6-13(22-3)7-5-12/h4-7,14-18,20-21H,8-11H2,1-3H3/t14-,15-,16+,17-,18-/m1/s1. The smallest absolute Gasteiger partial charge is 0.186 e. The quantitative estimate of drug-likeness (QED) is 0.637. The largest absolute Gasteiger partial charge is 0.497 e. The Labute approximate surface area is 158 Å². The summed E-state index contributed by atoms with van der Waals surface area (Å²) in [6, 6.07) is 7.60. The summed E-state index contributed by atoms with van der Waals surface area (Å²) >= 11 is 0. The minimum atomic E-state index is -1.01. The minimum Gasteiger partial charge on any atom is -0.497 e. The fourth-order valence-electron chi connectivity index (χ4n) is 3.27. The fourth-order valence-corrected chi connectivity index (χ4v) is 3.27. The van der Waals surface area contributed by atoms with Crippen molar-refractivity contribution in [3.63, 3.8) is 0 Å². The summed E-state index contributed by atoms with van der Waals surface area (Å²) in [5.41, 5.74) is 1.02. The fraction of sp³-hybridized carbons (Fsp3) is 0.684. The second-order valence-corrected chi connectivity index (χ2v) is 7.05. The maximum atomic E-state index is 10.5. The maximum absolute atomic E-state index is 10.5. The molecule has 27 heavy (non-hydrogen) atoms. The summed E-state index contributed by atoms with van der Waals surface area (Å²) in [5.74, 6) is -0.0488. The monoisotopic (exact) mass is 384 g/mol. The third kappa shape index (κ3) is 4.97. The van der Waals surface area contributed by atoms with Gasteiger partial charge in [0.25, 0.3) is 0 Å². The molecule has 0 amide bonds. The van der Waals surface area contributed by atoms with Gasteiger partial charge in [0.15, 0.2) is 12.1 Å². The van der Waals surface area contributed by atoms with E-state index in [0.29, 0.717) is 13.2 Å². The second-order valence-electron chi connectivity index (χ2n) is 7.05. The summed E-state index contributed by atoms with van der Waals surface area (Å²) in [4.78, 5) is 0. The highest BCUT2D eigenvalue weighted by atomic mass is 16.8. The van der Waals surface area contributed by atoms with Gasteiger partial charge in [-0.15, -0.1) is 0 Å². The van der Waals surface area contributed by atoms with Gasteiger partial charge >= 0.3 is 0 Å². The molecule has 0 aromatic heterocycles. The van der Waals surface area contributed by atoms with E-state index in [1.165, 1.54) is 0 Å². The molecular formula is C19H28O8. The zero-order valence-electron chi connectivity index (χ0n) is 15.9. The number of ether oxygens (including phenoxy) is 6. The van der Waals surface area contributed by atoms with E-state index in [4.69, 9.17) is 28.4 Å². The lowest BCUT2D eigenvalue weighted by Crippen LogP contribution is -2.58. The van der Waals surface area contributed by atoms with Gasteiger partial charge in [-0.25, -0.2) is 0 Å². The Balaban J connectivity index is 1.43. The molecule has 0 saturated carbocycles. The van der Waals surface area contributed by atoms with Crippen molar-refractivity contribution in [2.75, 3.05) is 26.9 Å². The molecule has 0 unspecified atom stereocenters. The van der Waals surface area contributed by atoms with E-state index >= 15 is 0 Å². The van der Waals surface area contributed by atoms with Gasteiger partial charge in [-0.3, -0.25) is 0 Å². The lowest BCUT2D eigenvalue weighted by molar-refractivity contribution is -0.284. The van der Waals surface area contributed by atoms with Gasteiger partial charge < -0.3 is 38.6 Å². The first-order valence-electron chi connectivity index (χ1n) is 9.06. The first-order valence-corrected chi connectivity index (χ1v) is 9.06. The number of aliphatic hydroxyl groups is 2. The molecule has 1 aromatic rings. The van der Waals surface area contributed by atoms with Crippen molar-refractivity contribution in [1.82, 2.24) is 0 Å². The summed E-state index contributed by atoms with van der Waals surface area (Å²) in [6.07, 6.45) is -3.70. The zero-order valence-corrected chi connectivity index (χ0v) is 15.9. The molecule has 8 nitrogen and oxygen atoms in total. The molecule has 0 radical (unpaired) electrons. The highest BCUT2D eigenvalue weighted by molar-refractivity contribution is 5.26. The number of fused-ring (bicyclic) bond motifs is 1. The van der Waals surface area contributed by atoms with Crippen LogP contribution >= 0.6 is 0 Å². The lowest BCUT2D eigenvalue weighted by Gasteiger charge is -2.39. The molecular weight excluding hydrogens is 356 g/mol. The van der Waals surface area contributed by atoms with Crippen LogP contribution in [0.2, 0.25) is 0 Å². The van der Waals surface area contributed by atoms with E-state index < -0.39 is 36.5 Å². The van der Waals surface area contributed by atoms with Gasteiger partial charge in [-0.1, -0.05) is 12.1 Å². The molecule has 8 heteroatoms. The van der Waals surface area contributed by atoms with Crippen molar-refractivity contribution in [1.29, 1.82) is 0 Å². The lowest BCUT2D eigenvalue weighted by atomic mass is 9.99. The molecule has 2 saturated heterocycles. The highest BCUT2D eigenvalue weighted by Gasteiger charge is 2.54. The van der Waals surface area contributed by atoms with Crippen LogP contribution in [0, 0.1) is 0 Å². The normalized spacial score (nSPS) is 32.3. The van der Waals surface area contributed by atoms with E-state index in [9.17, 15) is 10.2 Å². The van der Waals surface area contributed by atoms with Crippen LogP contribution < -0.4 is 4.74 Å². The third-order valence-electron chi connectivity index (χ3n) is 4.57. The van der Waals surface area contributed by atoms with E-state index in [1.54, 1.807) is 21.0 Å². The summed E-state index contributed by atoms with van der Waals surface area (Å²) in [6.45, 7) is 4.28. The Bertz CT molecular complexity index is 590. The zero-order chi connectivity index (χ0) is 19.4. The van der Waals surface area contributed by atoms with Crippen molar-refractivity contribution in [2.45, 2.75) is 56.9 Å². The van der Waals surface area contributed by atoms with Crippen molar-refractivity contribution in [3.05, 3.63) is 29.8 Å². The second kappa shape index (κ2) is 8.83. The maximum Gasteiger partial charge on any atom is 0.186 e. The average Bonchev–Trinajstić information content (AvgIpc) is 2.99. The molecule has 0 aliphatic carbocycles. The first-order chi connectivity index (χ1) is 12.9. The van der Waals surface area contributed by atoms with Gasteiger partial charge in [-0.05, 0) is 31.5 Å². The van der Waals surface area contributed by atoms with Crippen LogP contribution in [-0.2, 0) is 30.3 Å². The Kier molecular flexibility index (Phi) is 6.69. The van der Waals surface area contributed by atoms with Crippen molar-refractivity contribution in [3.8, 4) is 5.75 Å². The molecule has 0 bridgehead atoms. The highest BCUT2D eigenvalue weighted by Crippen LogP contribution is 2.37. The molecule has 0 spiro atoms. The number of hydrogen-bond donors (Lipinski definition) is 2. The van der Waals surface area contributed by atoms with E-state index in [0.717, 1.165) is 11.3 Å². The Morgan fingerprint density at radius 3 is 2.44 bits per heavy atom. The molecule has 3 rings (SSSR count). The average molecular weight is 384 g/mol. The molecule has 2 aliphatic heterocycles. The van der Waals surface area contributed by atoms with Gasteiger partial charge in [0, 0.05) is 0 Å². The van der Waals surface area contributed by atoms with Crippen LogP contribution in [0.3, 0.4) is 0 Å². The van der Waals surface area contributed by atoms with Crippen molar-refractivity contribution < 1.29 is 38.6 Å². The first kappa shape index (κ1) is 20.5. The van der Waals surface area contributed by atoms with Crippen LogP contribution in [0.1, 0.15) is 19.4 Å². The van der Waals surface area contributed by atoms with Crippen LogP contribution in [0.4, 0.5) is 0 Å². The van der Waals surface area contributed by atoms with E-state index in [-0.39, 0.29) is 13.2 Å².